The van der Waals surface area contributed by atoms with Gasteiger partial charge in [-0.3, -0.25) is 14.4 Å². The first kappa shape index (κ1) is 73.1. The molecule has 1 unspecified atom stereocenters. The first-order valence-electron chi connectivity index (χ1n) is 32.4. The van der Waals surface area contributed by atoms with E-state index >= 15 is 0 Å². The van der Waals surface area contributed by atoms with Crippen LogP contribution in [-0.4, -0.2) is 37.2 Å². The first-order chi connectivity index (χ1) is 38.0. The van der Waals surface area contributed by atoms with E-state index in [2.05, 4.69) is 130 Å². The minimum absolute atomic E-state index is 0.0912. The van der Waals surface area contributed by atoms with Crippen LogP contribution >= 0.6 is 0 Å². The number of hydrogen-bond acceptors (Lipinski definition) is 6. The maximum atomic E-state index is 12.9. The third kappa shape index (κ3) is 62.8. The van der Waals surface area contributed by atoms with Gasteiger partial charge in [-0.1, -0.05) is 284 Å². The minimum atomic E-state index is -0.795. The SMILES string of the molecule is CC/C=C\C/C=C\C/C=C\C/C=C\C/C=C\C/C=C\C/C=C\C/C=C\CCCCC(=O)OCC(COC(=O)CCCCCCCCC)OC(=O)CCCCCCCCCCCCCCC/C=C\CCCCCCCCCC. The molecular formula is C71H120O6. The molecule has 0 amide bonds. The zero-order chi connectivity index (χ0) is 55.7. The Kier molecular flexibility index (Phi) is 61.3. The molecule has 6 heteroatoms. The number of carbonyl (C=O) groups excluding carboxylic acids is 3. The molecule has 6 nitrogen and oxygen atoms in total. The maximum Gasteiger partial charge on any atom is 0.306 e. The van der Waals surface area contributed by atoms with Crippen molar-refractivity contribution in [1.29, 1.82) is 0 Å². The third-order valence-corrected chi connectivity index (χ3v) is 13.8. The molecule has 0 aromatic rings. The van der Waals surface area contributed by atoms with Crippen LogP contribution in [0.1, 0.15) is 303 Å². The highest BCUT2D eigenvalue weighted by atomic mass is 16.6. The second-order valence-corrected chi connectivity index (χ2v) is 21.3. The van der Waals surface area contributed by atoms with Crippen molar-refractivity contribution >= 4 is 17.9 Å². The molecule has 0 spiro atoms. The molecule has 0 radical (unpaired) electrons. The van der Waals surface area contributed by atoms with Crippen LogP contribution in [0.25, 0.3) is 0 Å². The molecule has 0 aliphatic carbocycles. The van der Waals surface area contributed by atoms with E-state index in [4.69, 9.17) is 14.2 Å². The van der Waals surface area contributed by atoms with Crippen molar-refractivity contribution in [3.05, 3.63) is 109 Å². The van der Waals surface area contributed by atoms with Crippen LogP contribution in [0.5, 0.6) is 0 Å². The second kappa shape index (κ2) is 64.6. The molecule has 1 atom stereocenters. The molecule has 0 heterocycles. The molecule has 77 heavy (non-hydrogen) atoms. The van der Waals surface area contributed by atoms with E-state index < -0.39 is 6.10 Å². The summed E-state index contributed by atoms with van der Waals surface area (Å²) < 4.78 is 16.8. The normalized spacial score (nSPS) is 12.8. The average molecular weight is 1070 g/mol. The van der Waals surface area contributed by atoms with Crippen molar-refractivity contribution in [3.63, 3.8) is 0 Å². The van der Waals surface area contributed by atoms with Gasteiger partial charge in [-0.05, 0) is 109 Å². The van der Waals surface area contributed by atoms with Crippen molar-refractivity contribution in [1.82, 2.24) is 0 Å². The zero-order valence-electron chi connectivity index (χ0n) is 50.4. The van der Waals surface area contributed by atoms with Crippen LogP contribution in [0.2, 0.25) is 0 Å². The molecular weight excluding hydrogens is 949 g/mol. The van der Waals surface area contributed by atoms with Gasteiger partial charge in [-0.25, -0.2) is 0 Å². The van der Waals surface area contributed by atoms with Crippen LogP contribution in [0.4, 0.5) is 0 Å². The summed E-state index contributed by atoms with van der Waals surface area (Å²) in [4.78, 5) is 38.1. The van der Waals surface area contributed by atoms with Crippen LogP contribution in [0.15, 0.2) is 109 Å². The summed E-state index contributed by atoms with van der Waals surface area (Å²) in [5.41, 5.74) is 0. The number of rotatable bonds is 58. The summed E-state index contributed by atoms with van der Waals surface area (Å²) >= 11 is 0. The Balaban J connectivity index is 4.23. The maximum absolute atomic E-state index is 12.9. The lowest BCUT2D eigenvalue weighted by atomic mass is 10.0. The van der Waals surface area contributed by atoms with E-state index in [-0.39, 0.29) is 31.1 Å². The molecule has 0 saturated carbocycles. The van der Waals surface area contributed by atoms with Gasteiger partial charge in [0.05, 0.1) is 0 Å². The molecule has 0 aromatic heterocycles. The van der Waals surface area contributed by atoms with Gasteiger partial charge in [0.25, 0.3) is 0 Å². The van der Waals surface area contributed by atoms with E-state index in [9.17, 15) is 14.4 Å². The summed E-state index contributed by atoms with van der Waals surface area (Å²) in [6.45, 7) is 6.47. The Morgan fingerprint density at radius 3 is 0.831 bits per heavy atom. The molecule has 0 fully saturated rings. The van der Waals surface area contributed by atoms with Gasteiger partial charge < -0.3 is 14.2 Å². The molecule has 0 saturated heterocycles. The van der Waals surface area contributed by atoms with E-state index in [1.54, 1.807) is 0 Å². The number of allylic oxidation sites excluding steroid dienone is 18. The third-order valence-electron chi connectivity index (χ3n) is 13.8. The summed E-state index contributed by atoms with van der Waals surface area (Å²) in [6.07, 6.45) is 88.4. The lowest BCUT2D eigenvalue weighted by molar-refractivity contribution is -0.167. The lowest BCUT2D eigenvalue weighted by Gasteiger charge is -2.18. The van der Waals surface area contributed by atoms with Crippen molar-refractivity contribution in [3.8, 4) is 0 Å². The van der Waals surface area contributed by atoms with Crippen LogP contribution in [-0.2, 0) is 28.6 Å². The Labute approximate surface area is 476 Å². The minimum Gasteiger partial charge on any atom is -0.462 e. The lowest BCUT2D eigenvalue weighted by Crippen LogP contribution is -2.30. The van der Waals surface area contributed by atoms with Gasteiger partial charge in [-0.2, -0.15) is 0 Å². The Bertz CT molecular complexity index is 1560. The van der Waals surface area contributed by atoms with E-state index in [0.717, 1.165) is 109 Å². The van der Waals surface area contributed by atoms with Gasteiger partial charge in [0.1, 0.15) is 13.2 Å². The average Bonchev–Trinajstić information content (AvgIpc) is 3.43. The first-order valence-corrected chi connectivity index (χ1v) is 32.4. The van der Waals surface area contributed by atoms with E-state index in [1.165, 1.54) is 154 Å². The van der Waals surface area contributed by atoms with Crippen LogP contribution in [0.3, 0.4) is 0 Å². The molecule has 0 aromatic carbocycles. The van der Waals surface area contributed by atoms with Crippen molar-refractivity contribution in [2.45, 2.75) is 309 Å². The molecule has 0 rings (SSSR count). The van der Waals surface area contributed by atoms with E-state index in [0.29, 0.717) is 19.3 Å². The predicted octanol–water partition coefficient (Wildman–Crippen LogP) is 22.2. The van der Waals surface area contributed by atoms with Gasteiger partial charge >= 0.3 is 17.9 Å². The Morgan fingerprint density at radius 2 is 0.506 bits per heavy atom. The molecule has 0 aliphatic heterocycles. The van der Waals surface area contributed by atoms with Gasteiger partial charge in [0, 0.05) is 19.3 Å². The van der Waals surface area contributed by atoms with Crippen molar-refractivity contribution in [2.75, 3.05) is 13.2 Å². The zero-order valence-corrected chi connectivity index (χ0v) is 50.4. The highest BCUT2D eigenvalue weighted by Gasteiger charge is 2.19. The quantitative estimate of drug-likeness (QED) is 0.0261. The molecule has 0 N–H and O–H groups in total. The topological polar surface area (TPSA) is 78.9 Å². The Morgan fingerprint density at radius 1 is 0.273 bits per heavy atom. The van der Waals surface area contributed by atoms with Gasteiger partial charge in [0.15, 0.2) is 6.10 Å². The summed E-state index contributed by atoms with van der Waals surface area (Å²) in [6, 6.07) is 0. The molecule has 0 aliphatic rings. The fraction of sp³-hybridized carbons (Fsp3) is 0.704. The van der Waals surface area contributed by atoms with Crippen LogP contribution in [0, 0.1) is 0 Å². The number of unbranched alkanes of at least 4 members (excludes halogenated alkanes) is 29. The monoisotopic (exact) mass is 1070 g/mol. The number of ether oxygens (including phenoxy) is 3. The second-order valence-electron chi connectivity index (χ2n) is 21.3. The fourth-order valence-corrected chi connectivity index (χ4v) is 8.92. The van der Waals surface area contributed by atoms with Gasteiger partial charge in [0.2, 0.25) is 0 Å². The molecule has 440 valence electrons. The Hall–Kier alpha value is -3.93. The standard InChI is InChI=1S/C71H120O6/c1-4-7-10-13-16-18-20-22-24-26-28-30-32-34-35-37-38-40-42-44-46-48-50-52-55-58-61-64-70(73)76-67-68(66-75-69(72)63-60-57-54-15-12-9-6-3)77-71(74)65-62-59-56-53-51-49-47-45-43-41-39-36-33-31-29-27-25-23-21-19-17-14-11-8-5-2/h7,10,16,18,22,24,27-30,34-35,38,40,44,46,50,52,68H,4-6,8-9,11-15,17,19-21,23,25-26,31-33,36-37,39,41-43,45,47-49,51,53-67H2,1-3H3/b10-7-,18-16-,24-22-,29-27-,30-28-,35-34-,40-38-,46-44-,52-50-. The highest BCUT2D eigenvalue weighted by molar-refractivity contribution is 5.71. The van der Waals surface area contributed by atoms with Crippen molar-refractivity contribution < 1.29 is 28.6 Å². The summed E-state index contributed by atoms with van der Waals surface area (Å²) in [7, 11) is 0. The number of hydrogen-bond donors (Lipinski definition) is 0. The van der Waals surface area contributed by atoms with E-state index in [1.807, 2.05) is 0 Å². The predicted molar refractivity (Wildman–Crippen MR) is 334 cm³/mol. The smallest absolute Gasteiger partial charge is 0.306 e. The van der Waals surface area contributed by atoms with Crippen molar-refractivity contribution in [2.24, 2.45) is 0 Å². The van der Waals surface area contributed by atoms with Gasteiger partial charge in [-0.15, -0.1) is 0 Å². The molecule has 0 bridgehead atoms. The summed E-state index contributed by atoms with van der Waals surface area (Å²) in [5, 5.41) is 0. The fourth-order valence-electron chi connectivity index (χ4n) is 8.92. The largest absolute Gasteiger partial charge is 0.462 e. The van der Waals surface area contributed by atoms with Crippen LogP contribution < -0.4 is 0 Å². The number of carbonyl (C=O) groups is 3. The highest BCUT2D eigenvalue weighted by Crippen LogP contribution is 2.16. The summed E-state index contributed by atoms with van der Waals surface area (Å²) in [5.74, 6) is -0.938. The number of esters is 3.